The Morgan fingerprint density at radius 2 is 1.70 bits per heavy atom. The summed E-state index contributed by atoms with van der Waals surface area (Å²) in [7, 11) is 0. The highest BCUT2D eigenvalue weighted by atomic mass is 16.1. The highest BCUT2D eigenvalue weighted by Crippen LogP contribution is 2.23. The summed E-state index contributed by atoms with van der Waals surface area (Å²) >= 11 is 0. The second kappa shape index (κ2) is 10.0. The Morgan fingerprint density at radius 1 is 0.933 bits per heavy atom. The minimum atomic E-state index is -0.0358. The van der Waals surface area contributed by atoms with E-state index < -0.39 is 0 Å². The van der Waals surface area contributed by atoms with Gasteiger partial charge in [-0.3, -0.25) is 4.79 Å². The predicted molar refractivity (Wildman–Crippen MR) is 121 cm³/mol. The molecule has 0 atom stereocenters. The lowest BCUT2D eigenvalue weighted by atomic mass is 10.1. The van der Waals surface area contributed by atoms with Gasteiger partial charge in [-0.2, -0.15) is 0 Å². The number of carbonyl (C=O) groups is 1. The Kier molecular flexibility index (Phi) is 6.70. The molecule has 0 unspecified atom stereocenters. The summed E-state index contributed by atoms with van der Waals surface area (Å²) in [6, 6.07) is 20.0. The number of nitrogens with one attached hydrogen (secondary N) is 1. The maximum atomic E-state index is 12.4. The van der Waals surface area contributed by atoms with E-state index in [9.17, 15) is 4.79 Å². The quantitative estimate of drug-likeness (QED) is 0.594. The first-order valence-corrected chi connectivity index (χ1v) is 10.8. The summed E-state index contributed by atoms with van der Waals surface area (Å²) in [5.74, 6) is 0.950. The van der Waals surface area contributed by atoms with Crippen molar-refractivity contribution in [3.05, 3.63) is 78.1 Å². The summed E-state index contributed by atoms with van der Waals surface area (Å²) in [6.45, 7) is 2.78. The molecule has 4 rings (SSSR count). The fraction of sp³-hybridized carbons (Fsp3) is 0.320. The molecule has 5 heteroatoms. The number of aromatic nitrogens is 2. The summed E-state index contributed by atoms with van der Waals surface area (Å²) < 4.78 is 0. The fourth-order valence-electron chi connectivity index (χ4n) is 3.83. The molecule has 154 valence electrons. The van der Waals surface area contributed by atoms with Gasteiger partial charge in [0.25, 0.3) is 5.91 Å². The first-order chi connectivity index (χ1) is 14.8. The molecule has 2 aromatic carbocycles. The summed E-state index contributed by atoms with van der Waals surface area (Å²) in [5, 5.41) is 3.01. The van der Waals surface area contributed by atoms with Crippen molar-refractivity contribution >= 4 is 11.7 Å². The zero-order valence-electron chi connectivity index (χ0n) is 17.3. The van der Waals surface area contributed by atoms with Crippen molar-refractivity contribution in [2.24, 2.45) is 0 Å². The molecule has 1 fully saturated rings. The Labute approximate surface area is 178 Å². The van der Waals surface area contributed by atoms with Gasteiger partial charge in [-0.05, 0) is 49.8 Å². The number of carbonyl (C=O) groups excluding carboxylic acids is 1. The van der Waals surface area contributed by atoms with E-state index in [2.05, 4.69) is 32.3 Å². The molecule has 0 radical (unpaired) electrons. The highest BCUT2D eigenvalue weighted by molar-refractivity contribution is 5.94. The van der Waals surface area contributed by atoms with Crippen LogP contribution in [0.15, 0.2) is 67.0 Å². The number of nitrogens with zero attached hydrogens (tertiary/aromatic N) is 3. The molecule has 0 saturated carbocycles. The average Bonchev–Trinajstić information content (AvgIpc) is 2.83. The van der Waals surface area contributed by atoms with Crippen LogP contribution in [-0.4, -0.2) is 35.5 Å². The third-order valence-corrected chi connectivity index (χ3v) is 5.55. The molecule has 3 aromatic rings. The SMILES string of the molecule is O=C(NCCCc1ccccc1)c1ccc(-c2cc(N3CCCCC3)ncn2)cc1. The monoisotopic (exact) mass is 400 g/mol. The van der Waals surface area contributed by atoms with Gasteiger partial charge in [0.2, 0.25) is 0 Å². The summed E-state index contributed by atoms with van der Waals surface area (Å²) in [4.78, 5) is 23.6. The van der Waals surface area contributed by atoms with Crippen LogP contribution in [0.3, 0.4) is 0 Å². The lowest BCUT2D eigenvalue weighted by Gasteiger charge is -2.27. The number of piperidine rings is 1. The van der Waals surface area contributed by atoms with Crippen LogP contribution in [0.4, 0.5) is 5.82 Å². The molecule has 1 N–H and O–H groups in total. The zero-order chi connectivity index (χ0) is 20.6. The molecule has 1 saturated heterocycles. The Hall–Kier alpha value is -3.21. The molecule has 2 heterocycles. The van der Waals surface area contributed by atoms with E-state index in [1.165, 1.54) is 24.8 Å². The third kappa shape index (κ3) is 5.23. The molecule has 30 heavy (non-hydrogen) atoms. The van der Waals surface area contributed by atoms with Gasteiger partial charge in [-0.15, -0.1) is 0 Å². The van der Waals surface area contributed by atoms with Gasteiger partial charge in [0.05, 0.1) is 5.69 Å². The average molecular weight is 401 g/mol. The molecule has 1 aliphatic rings. The van der Waals surface area contributed by atoms with Crippen molar-refractivity contribution in [1.82, 2.24) is 15.3 Å². The van der Waals surface area contributed by atoms with Crippen LogP contribution >= 0.6 is 0 Å². The summed E-state index contributed by atoms with van der Waals surface area (Å²) in [6.07, 6.45) is 7.25. The second-order valence-corrected chi connectivity index (χ2v) is 7.73. The van der Waals surface area contributed by atoms with Gasteiger partial charge in [0.15, 0.2) is 0 Å². The number of rotatable bonds is 7. The Morgan fingerprint density at radius 3 is 2.47 bits per heavy atom. The van der Waals surface area contributed by atoms with Crippen molar-refractivity contribution in [2.75, 3.05) is 24.5 Å². The second-order valence-electron chi connectivity index (χ2n) is 7.73. The normalized spacial score (nSPS) is 13.8. The molecule has 5 nitrogen and oxygen atoms in total. The van der Waals surface area contributed by atoms with Crippen molar-refractivity contribution in [3.63, 3.8) is 0 Å². The maximum absolute atomic E-state index is 12.4. The first-order valence-electron chi connectivity index (χ1n) is 10.8. The van der Waals surface area contributed by atoms with Gasteiger partial charge in [-0.25, -0.2) is 9.97 Å². The molecule has 0 spiro atoms. The zero-order valence-corrected chi connectivity index (χ0v) is 17.3. The number of hydrogen-bond acceptors (Lipinski definition) is 4. The van der Waals surface area contributed by atoms with Crippen molar-refractivity contribution in [3.8, 4) is 11.3 Å². The predicted octanol–water partition coefficient (Wildman–Crippen LogP) is 4.50. The first kappa shape index (κ1) is 20.1. The van der Waals surface area contributed by atoms with E-state index in [-0.39, 0.29) is 5.91 Å². The van der Waals surface area contributed by atoms with Crippen molar-refractivity contribution < 1.29 is 4.79 Å². The number of aryl methyl sites for hydroxylation is 1. The van der Waals surface area contributed by atoms with E-state index in [4.69, 9.17) is 0 Å². The largest absolute Gasteiger partial charge is 0.357 e. The van der Waals surface area contributed by atoms with Gasteiger partial charge < -0.3 is 10.2 Å². The Bertz CT molecular complexity index is 950. The fourth-order valence-corrected chi connectivity index (χ4v) is 3.83. The molecule has 0 bridgehead atoms. The minimum Gasteiger partial charge on any atom is -0.357 e. The van der Waals surface area contributed by atoms with Crippen LogP contribution in [-0.2, 0) is 6.42 Å². The minimum absolute atomic E-state index is 0.0358. The summed E-state index contributed by atoms with van der Waals surface area (Å²) in [5.41, 5.74) is 3.85. The van der Waals surface area contributed by atoms with Gasteiger partial charge in [-0.1, -0.05) is 42.5 Å². The lowest BCUT2D eigenvalue weighted by molar-refractivity contribution is 0.0953. The molecule has 0 aliphatic carbocycles. The Balaban J connectivity index is 1.32. The van der Waals surface area contributed by atoms with E-state index in [0.29, 0.717) is 12.1 Å². The van der Waals surface area contributed by atoms with Crippen molar-refractivity contribution in [2.45, 2.75) is 32.1 Å². The number of amides is 1. The smallest absolute Gasteiger partial charge is 0.251 e. The van der Waals surface area contributed by atoms with Gasteiger partial charge in [0, 0.05) is 36.8 Å². The van der Waals surface area contributed by atoms with E-state index in [1.807, 2.05) is 48.5 Å². The highest BCUT2D eigenvalue weighted by Gasteiger charge is 2.13. The standard InChI is InChI=1S/C25H28N4O/c30-25(26-15-7-10-20-8-3-1-4-9-20)22-13-11-21(12-14-22)23-18-24(28-19-27-23)29-16-5-2-6-17-29/h1,3-4,8-9,11-14,18-19H,2,5-7,10,15-17H2,(H,26,30). The topological polar surface area (TPSA) is 58.1 Å². The van der Waals surface area contributed by atoms with Gasteiger partial charge in [0.1, 0.15) is 12.1 Å². The van der Waals surface area contributed by atoms with Crippen LogP contribution in [0.2, 0.25) is 0 Å². The molecule has 1 aliphatic heterocycles. The van der Waals surface area contributed by atoms with Gasteiger partial charge >= 0.3 is 0 Å². The molecule has 1 amide bonds. The van der Waals surface area contributed by atoms with Crippen LogP contribution in [0.5, 0.6) is 0 Å². The molecule has 1 aromatic heterocycles. The maximum Gasteiger partial charge on any atom is 0.251 e. The van der Waals surface area contributed by atoms with Crippen LogP contribution < -0.4 is 10.2 Å². The molecular weight excluding hydrogens is 372 g/mol. The third-order valence-electron chi connectivity index (χ3n) is 5.55. The lowest BCUT2D eigenvalue weighted by Crippen LogP contribution is -2.30. The van der Waals surface area contributed by atoms with Crippen molar-refractivity contribution in [1.29, 1.82) is 0 Å². The van der Waals surface area contributed by atoms with Crippen LogP contribution in [0.1, 0.15) is 41.6 Å². The van der Waals surface area contributed by atoms with Crippen LogP contribution in [0.25, 0.3) is 11.3 Å². The number of anilines is 1. The molecular formula is C25H28N4O. The number of benzene rings is 2. The van der Waals surface area contributed by atoms with Crippen LogP contribution in [0, 0.1) is 0 Å². The number of hydrogen-bond donors (Lipinski definition) is 1. The van der Waals surface area contributed by atoms with E-state index in [1.54, 1.807) is 6.33 Å². The van der Waals surface area contributed by atoms with E-state index >= 15 is 0 Å². The van der Waals surface area contributed by atoms with E-state index in [0.717, 1.165) is 43.0 Å².